The van der Waals surface area contributed by atoms with E-state index in [4.69, 9.17) is 0 Å². The maximum atomic E-state index is 13.8. The average Bonchev–Trinajstić information content (AvgIpc) is 2.60. The van der Waals surface area contributed by atoms with Gasteiger partial charge < -0.3 is 15.1 Å². The second kappa shape index (κ2) is 8.23. The molecule has 2 aromatic rings. The number of halogens is 1. The van der Waals surface area contributed by atoms with Crippen LogP contribution in [0, 0.1) is 12.7 Å². The molecule has 1 aliphatic heterocycles. The third-order valence-corrected chi connectivity index (χ3v) is 4.77. The first kappa shape index (κ1) is 17.6. The third kappa shape index (κ3) is 5.11. The van der Waals surface area contributed by atoms with E-state index in [0.29, 0.717) is 6.54 Å². The summed E-state index contributed by atoms with van der Waals surface area (Å²) in [6, 6.07) is 15.4. The van der Waals surface area contributed by atoms with Crippen molar-refractivity contribution < 1.29 is 19.0 Å². The molecule has 1 amide bonds. The summed E-state index contributed by atoms with van der Waals surface area (Å²) < 4.78 is 13.8. The lowest BCUT2D eigenvalue weighted by molar-refractivity contribution is -1.02. The Morgan fingerprint density at radius 2 is 1.72 bits per heavy atom. The van der Waals surface area contributed by atoms with Crippen LogP contribution in [-0.2, 0) is 11.3 Å². The molecular formula is C20H26FN3O+2. The standard InChI is InChI=1S/C20H24FN3O/c1-16-7-8-19(18(21)13-16)22-20(25)15-24-11-9-23(10-12-24)14-17-5-3-2-4-6-17/h2-8,13H,9-12,14-15H2,1H3,(H,22,25)/p+2. The molecule has 1 fully saturated rings. The van der Waals surface area contributed by atoms with Crippen LogP contribution in [0.5, 0.6) is 0 Å². The van der Waals surface area contributed by atoms with Gasteiger partial charge in [0.15, 0.2) is 6.54 Å². The van der Waals surface area contributed by atoms with Crippen LogP contribution in [0.3, 0.4) is 0 Å². The van der Waals surface area contributed by atoms with Crippen LogP contribution in [-0.4, -0.2) is 38.6 Å². The maximum absolute atomic E-state index is 13.8. The van der Waals surface area contributed by atoms with Crippen molar-refractivity contribution in [1.29, 1.82) is 0 Å². The monoisotopic (exact) mass is 343 g/mol. The predicted molar refractivity (Wildman–Crippen MR) is 96.2 cm³/mol. The Hall–Kier alpha value is -2.24. The fourth-order valence-corrected chi connectivity index (χ4v) is 3.34. The van der Waals surface area contributed by atoms with Gasteiger partial charge in [-0.15, -0.1) is 0 Å². The van der Waals surface area contributed by atoms with Crippen LogP contribution in [0.25, 0.3) is 0 Å². The molecule has 0 radical (unpaired) electrons. The quantitative estimate of drug-likeness (QED) is 0.706. The summed E-state index contributed by atoms with van der Waals surface area (Å²) in [6.45, 7) is 7.29. The topological polar surface area (TPSA) is 38.0 Å². The molecule has 0 aliphatic carbocycles. The summed E-state index contributed by atoms with van der Waals surface area (Å²) >= 11 is 0. The molecule has 0 saturated carbocycles. The van der Waals surface area contributed by atoms with E-state index in [-0.39, 0.29) is 17.4 Å². The number of anilines is 1. The van der Waals surface area contributed by atoms with Crippen LogP contribution in [0.4, 0.5) is 10.1 Å². The number of piperazine rings is 1. The van der Waals surface area contributed by atoms with Gasteiger partial charge in [0.25, 0.3) is 5.91 Å². The summed E-state index contributed by atoms with van der Waals surface area (Å²) in [7, 11) is 0. The van der Waals surface area contributed by atoms with Crippen molar-refractivity contribution in [1.82, 2.24) is 0 Å². The minimum atomic E-state index is -0.375. The first-order valence-electron chi connectivity index (χ1n) is 8.87. The van der Waals surface area contributed by atoms with Crippen LogP contribution in [0.1, 0.15) is 11.1 Å². The molecule has 0 unspecified atom stereocenters. The molecule has 1 heterocycles. The molecule has 132 valence electrons. The Labute approximate surface area is 148 Å². The van der Waals surface area contributed by atoms with E-state index in [1.54, 1.807) is 17.0 Å². The van der Waals surface area contributed by atoms with Gasteiger partial charge in [0.05, 0.1) is 5.69 Å². The van der Waals surface area contributed by atoms with Gasteiger partial charge >= 0.3 is 0 Å². The highest BCUT2D eigenvalue weighted by Crippen LogP contribution is 2.14. The summed E-state index contributed by atoms with van der Waals surface area (Å²) in [6.07, 6.45) is 0. The Morgan fingerprint density at radius 1 is 1.04 bits per heavy atom. The molecule has 1 aliphatic rings. The molecule has 0 spiro atoms. The van der Waals surface area contributed by atoms with Crippen molar-refractivity contribution in [2.45, 2.75) is 13.5 Å². The molecule has 1 saturated heterocycles. The van der Waals surface area contributed by atoms with Gasteiger partial charge in [0.1, 0.15) is 38.5 Å². The lowest BCUT2D eigenvalue weighted by Gasteiger charge is -2.29. The number of carbonyl (C=O) groups excluding carboxylic acids is 1. The van der Waals surface area contributed by atoms with Crippen molar-refractivity contribution in [3.63, 3.8) is 0 Å². The number of aryl methyl sites for hydroxylation is 1. The third-order valence-electron chi connectivity index (χ3n) is 4.77. The maximum Gasteiger partial charge on any atom is 0.279 e. The average molecular weight is 343 g/mol. The molecule has 2 aromatic carbocycles. The van der Waals surface area contributed by atoms with Crippen molar-refractivity contribution in [2.75, 3.05) is 38.0 Å². The predicted octanol–water partition coefficient (Wildman–Crippen LogP) is 0.0562. The summed E-state index contributed by atoms with van der Waals surface area (Å²) in [5.74, 6) is -0.496. The number of carbonyl (C=O) groups is 1. The number of rotatable bonds is 5. The molecule has 4 nitrogen and oxygen atoms in total. The van der Waals surface area contributed by atoms with Crippen molar-refractivity contribution in [3.05, 3.63) is 65.5 Å². The number of benzene rings is 2. The van der Waals surface area contributed by atoms with Crippen molar-refractivity contribution in [2.24, 2.45) is 0 Å². The lowest BCUT2D eigenvalue weighted by atomic mass is 10.2. The lowest BCUT2D eigenvalue weighted by Crippen LogP contribution is -3.28. The van der Waals surface area contributed by atoms with Gasteiger partial charge in [-0.25, -0.2) is 4.39 Å². The Balaban J connectivity index is 1.44. The van der Waals surface area contributed by atoms with Gasteiger partial charge in [0.2, 0.25) is 0 Å². The van der Waals surface area contributed by atoms with Crippen LogP contribution >= 0.6 is 0 Å². The highest BCUT2D eigenvalue weighted by molar-refractivity contribution is 5.91. The number of nitrogens with one attached hydrogen (secondary N) is 3. The SMILES string of the molecule is Cc1ccc(NC(=O)C[NH+]2CC[NH+](Cc3ccccc3)CC2)c(F)c1. The molecule has 0 aromatic heterocycles. The minimum absolute atomic E-state index is 0.121. The number of quaternary nitrogens is 2. The van der Waals surface area contributed by atoms with E-state index in [1.165, 1.54) is 16.5 Å². The van der Waals surface area contributed by atoms with Gasteiger partial charge in [-0.2, -0.15) is 0 Å². The van der Waals surface area contributed by atoms with E-state index in [1.807, 2.05) is 13.0 Å². The minimum Gasteiger partial charge on any atom is -0.322 e. The molecular weight excluding hydrogens is 317 g/mol. The molecule has 3 N–H and O–H groups in total. The molecule has 3 rings (SSSR count). The van der Waals surface area contributed by atoms with Crippen LogP contribution in [0.15, 0.2) is 48.5 Å². The number of hydrogen-bond donors (Lipinski definition) is 3. The van der Waals surface area contributed by atoms with Crippen molar-refractivity contribution >= 4 is 11.6 Å². The fourth-order valence-electron chi connectivity index (χ4n) is 3.34. The second-order valence-electron chi connectivity index (χ2n) is 6.87. The van der Waals surface area contributed by atoms with E-state index >= 15 is 0 Å². The van der Waals surface area contributed by atoms with Crippen LogP contribution < -0.4 is 15.1 Å². The van der Waals surface area contributed by atoms with Gasteiger partial charge in [-0.05, 0) is 24.6 Å². The summed E-state index contributed by atoms with van der Waals surface area (Å²) in [4.78, 5) is 15.0. The molecule has 0 atom stereocenters. The molecule has 25 heavy (non-hydrogen) atoms. The van der Waals surface area contributed by atoms with E-state index in [9.17, 15) is 9.18 Å². The largest absolute Gasteiger partial charge is 0.322 e. The number of amides is 1. The normalized spacial score (nSPS) is 20.2. The Bertz CT molecular complexity index is 712. The Kier molecular flexibility index (Phi) is 5.79. The fraction of sp³-hybridized carbons (Fsp3) is 0.350. The van der Waals surface area contributed by atoms with Crippen LogP contribution in [0.2, 0.25) is 0 Å². The molecule has 5 heteroatoms. The first-order chi connectivity index (χ1) is 12.1. The van der Waals surface area contributed by atoms with Gasteiger partial charge in [-0.1, -0.05) is 36.4 Å². The second-order valence-corrected chi connectivity index (χ2v) is 6.87. The van der Waals surface area contributed by atoms with Crippen molar-refractivity contribution in [3.8, 4) is 0 Å². The highest BCUT2D eigenvalue weighted by Gasteiger charge is 2.25. The Morgan fingerprint density at radius 3 is 2.40 bits per heavy atom. The number of hydrogen-bond acceptors (Lipinski definition) is 1. The van der Waals surface area contributed by atoms with E-state index < -0.39 is 0 Å². The van der Waals surface area contributed by atoms with Gasteiger partial charge in [-0.3, -0.25) is 4.79 Å². The smallest absolute Gasteiger partial charge is 0.279 e. The van der Waals surface area contributed by atoms with Gasteiger partial charge in [0, 0.05) is 5.56 Å². The summed E-state index contributed by atoms with van der Waals surface area (Å²) in [5, 5.41) is 2.69. The van der Waals surface area contributed by atoms with E-state index in [0.717, 1.165) is 38.3 Å². The van der Waals surface area contributed by atoms with E-state index in [2.05, 4.69) is 29.6 Å². The highest BCUT2D eigenvalue weighted by atomic mass is 19.1. The summed E-state index contributed by atoms with van der Waals surface area (Å²) in [5.41, 5.74) is 2.47. The zero-order chi connectivity index (χ0) is 17.6. The first-order valence-corrected chi connectivity index (χ1v) is 8.87. The zero-order valence-corrected chi connectivity index (χ0v) is 14.6. The molecule has 0 bridgehead atoms. The zero-order valence-electron chi connectivity index (χ0n) is 14.6.